The minimum Gasteiger partial charge on any atom is -0.204 e. The smallest absolute Gasteiger partial charge is 0.204 e. The van der Waals surface area contributed by atoms with Gasteiger partial charge in [-0.1, -0.05) is 21.3 Å². The number of rotatable bonds is 0. The molecule has 0 aliphatic carbocycles. The van der Waals surface area contributed by atoms with Crippen LogP contribution < -0.4 is 0 Å². The molecule has 0 saturated carbocycles. The Kier molecular flexibility index (Phi) is 602. The first-order valence-electron chi connectivity index (χ1n) is 1.14. The van der Waals surface area contributed by atoms with Gasteiger partial charge in [-0.2, -0.15) is 0 Å². The lowest BCUT2D eigenvalue weighted by atomic mass is 11.0. The van der Waals surface area contributed by atoms with Crippen LogP contribution in [-0.4, -0.2) is 0 Å². The highest BCUT2D eigenvalue weighted by Gasteiger charge is 1.48. The van der Waals surface area contributed by atoms with Crippen molar-refractivity contribution in [2.45, 2.75) is 6.92 Å². The molecule has 0 nitrogen and oxygen atoms in total. The molecule has 0 aromatic heterocycles. The van der Waals surface area contributed by atoms with Crippen LogP contribution in [0.25, 0.3) is 0 Å². The number of hydrogen-bond donors (Lipinski definition) is 0. The molecule has 4 heteroatoms. The van der Waals surface area contributed by atoms with Crippen molar-refractivity contribution < 1.29 is 8.78 Å². The molecular weight excluding hydrogens is 201 g/mol. The van der Waals surface area contributed by atoms with Crippen molar-refractivity contribution in [1.29, 1.82) is 0 Å². The average molecular weight is 212 g/mol. The van der Waals surface area contributed by atoms with E-state index >= 15 is 0 Å². The highest BCUT2D eigenvalue weighted by Crippen LogP contribution is 1.68. The van der Waals surface area contributed by atoms with Crippen molar-refractivity contribution in [3.8, 4) is 0 Å². The van der Waals surface area contributed by atoms with Gasteiger partial charge in [0.15, 0.2) is 0 Å². The zero-order valence-corrected chi connectivity index (χ0v) is 7.39. The standard InChI is InChI=1S/C2H5.CHF2.CH3.BrH.ClH/c1-2;2-1-3;;;/h1H2,2H3;1H;1H3;2*1H. The first-order chi connectivity index (χ1) is 2.41. The second-order valence-corrected chi connectivity index (χ2v) is 0.0825. The Hall–Kier alpha value is 0.630. The topological polar surface area (TPSA) is 0 Å². The van der Waals surface area contributed by atoms with Gasteiger partial charge in [0.25, 0.3) is 6.93 Å². The van der Waals surface area contributed by atoms with Gasteiger partial charge in [0, 0.05) is 0 Å². The van der Waals surface area contributed by atoms with E-state index in [0.717, 1.165) is 0 Å². The molecule has 0 rings (SSSR count). The Morgan fingerprint density at radius 1 is 1.25 bits per heavy atom. The molecule has 0 amide bonds. The summed E-state index contributed by atoms with van der Waals surface area (Å²) in [4.78, 5) is 0. The maximum Gasteiger partial charge on any atom is 0.298 e. The van der Waals surface area contributed by atoms with Crippen molar-refractivity contribution in [1.82, 2.24) is 0 Å². The van der Waals surface area contributed by atoms with Gasteiger partial charge in [-0.05, 0) is 0 Å². The molecule has 0 aliphatic heterocycles. The minimum absolute atomic E-state index is 0. The second-order valence-electron chi connectivity index (χ2n) is 0.0825. The van der Waals surface area contributed by atoms with E-state index in [1.54, 1.807) is 6.92 Å². The maximum atomic E-state index is 9.50. The molecule has 0 aromatic carbocycles. The molecule has 0 heterocycles. The summed E-state index contributed by atoms with van der Waals surface area (Å²) in [7, 11) is 0. The molecule has 0 unspecified atom stereocenters. The summed E-state index contributed by atoms with van der Waals surface area (Å²) < 4.78 is 19.0. The zero-order valence-electron chi connectivity index (χ0n) is 4.86. The molecule has 0 aromatic rings. The van der Waals surface area contributed by atoms with E-state index in [9.17, 15) is 8.78 Å². The van der Waals surface area contributed by atoms with Gasteiger partial charge >= 0.3 is 0 Å². The monoisotopic (exact) mass is 211 g/mol. The largest absolute Gasteiger partial charge is 0.298 e. The van der Waals surface area contributed by atoms with Crippen molar-refractivity contribution in [3.63, 3.8) is 0 Å². The van der Waals surface area contributed by atoms with Gasteiger partial charge < -0.3 is 0 Å². The summed E-state index contributed by atoms with van der Waals surface area (Å²) in [6, 6.07) is 0. The van der Waals surface area contributed by atoms with Crippen molar-refractivity contribution in [2.75, 3.05) is 0 Å². The Morgan fingerprint density at radius 2 is 1.25 bits per heavy atom. The van der Waals surface area contributed by atoms with E-state index in [2.05, 4.69) is 6.92 Å². The van der Waals surface area contributed by atoms with E-state index in [-0.39, 0.29) is 36.8 Å². The predicted octanol–water partition coefficient (Wildman–Crippen LogP) is 3.34. The Balaban J connectivity index is -0.00000000567. The van der Waals surface area contributed by atoms with Crippen LogP contribution in [-0.2, 0) is 0 Å². The molecule has 0 aliphatic rings. The van der Waals surface area contributed by atoms with Crippen LogP contribution in [0.15, 0.2) is 0 Å². The Labute approximate surface area is 66.8 Å². The van der Waals surface area contributed by atoms with E-state index in [1.165, 1.54) is 0 Å². The van der Waals surface area contributed by atoms with Gasteiger partial charge in [0.05, 0.1) is 0 Å². The maximum absolute atomic E-state index is 9.50. The van der Waals surface area contributed by atoms with E-state index < -0.39 is 6.93 Å². The van der Waals surface area contributed by atoms with E-state index in [0.29, 0.717) is 0 Å². The average Bonchev–Trinajstić information content (AvgIpc) is 1.46. The molecule has 0 bridgehead atoms. The van der Waals surface area contributed by atoms with E-state index in [1.807, 2.05) is 0 Å². The zero-order chi connectivity index (χ0) is 4.71. The summed E-state index contributed by atoms with van der Waals surface area (Å²) in [5, 5.41) is 0. The third kappa shape index (κ3) is 529. The van der Waals surface area contributed by atoms with Crippen LogP contribution in [0.3, 0.4) is 0 Å². The third-order valence-corrected chi connectivity index (χ3v) is 0. The Morgan fingerprint density at radius 3 is 1.25 bits per heavy atom. The van der Waals surface area contributed by atoms with Crippen LogP contribution in [0.1, 0.15) is 6.92 Å². The quantitative estimate of drug-likeness (QED) is 0.578. The molecule has 0 saturated heterocycles. The van der Waals surface area contributed by atoms with Gasteiger partial charge in [-0.25, -0.2) is 8.78 Å². The fourth-order valence-electron chi connectivity index (χ4n) is 0. The van der Waals surface area contributed by atoms with Crippen molar-refractivity contribution >= 4 is 29.4 Å². The van der Waals surface area contributed by atoms with Crippen LogP contribution in [0, 0.1) is 21.3 Å². The second kappa shape index (κ2) is 126. The number of halogens is 4. The normalized spacial score (nSPS) is 3.00. The minimum atomic E-state index is -1.00. The molecule has 0 N–H and O–H groups in total. The third-order valence-electron chi connectivity index (χ3n) is 0. The fourth-order valence-corrected chi connectivity index (χ4v) is 0. The highest BCUT2D eigenvalue weighted by atomic mass is 79.9. The van der Waals surface area contributed by atoms with Crippen LogP contribution in [0.5, 0.6) is 0 Å². The summed E-state index contributed by atoms with van der Waals surface area (Å²) in [5.41, 5.74) is 0. The van der Waals surface area contributed by atoms with Gasteiger partial charge in [-0.15, -0.1) is 29.4 Å². The van der Waals surface area contributed by atoms with Gasteiger partial charge in [0.2, 0.25) is 0 Å². The predicted molar refractivity (Wildman–Crippen MR) is 41.5 cm³/mol. The lowest BCUT2D eigenvalue weighted by molar-refractivity contribution is 0.404. The van der Waals surface area contributed by atoms with Crippen LogP contribution in [0.4, 0.5) is 8.78 Å². The SMILES string of the molecule is Br.Cl.F[CH]F.[CH2]C.[CH3]. The molecule has 0 atom stereocenters. The summed E-state index contributed by atoms with van der Waals surface area (Å²) >= 11 is 0. The molecule has 55 valence electrons. The summed E-state index contributed by atoms with van der Waals surface area (Å²) in [5.74, 6) is 0. The first kappa shape index (κ1) is 38.1. The fraction of sp³-hybridized carbons (Fsp3) is 0.250. The lowest BCUT2D eigenvalue weighted by Crippen LogP contribution is -1.17. The van der Waals surface area contributed by atoms with Gasteiger partial charge in [0.1, 0.15) is 0 Å². The molecular formula is C4H11BrClF2. The number of hydrogen-bond acceptors (Lipinski definition) is 0. The summed E-state index contributed by atoms with van der Waals surface area (Å²) in [6.45, 7) is 4.00. The molecule has 3 radical (unpaired) electrons. The van der Waals surface area contributed by atoms with Gasteiger partial charge in [-0.3, -0.25) is 0 Å². The Bertz CT molecular complexity index is 14.0. The molecule has 8 heavy (non-hydrogen) atoms. The van der Waals surface area contributed by atoms with Crippen LogP contribution in [0.2, 0.25) is 0 Å². The lowest BCUT2D eigenvalue weighted by Gasteiger charge is -1.39. The first-order valence-corrected chi connectivity index (χ1v) is 1.14. The van der Waals surface area contributed by atoms with E-state index in [4.69, 9.17) is 0 Å². The van der Waals surface area contributed by atoms with Crippen LogP contribution >= 0.6 is 29.4 Å². The molecule has 0 fully saturated rings. The highest BCUT2D eigenvalue weighted by molar-refractivity contribution is 8.93. The molecule has 0 spiro atoms. The summed E-state index contributed by atoms with van der Waals surface area (Å²) in [6.07, 6.45) is 0. The van der Waals surface area contributed by atoms with Crippen molar-refractivity contribution in [2.24, 2.45) is 0 Å². The van der Waals surface area contributed by atoms with Crippen molar-refractivity contribution in [3.05, 3.63) is 21.3 Å².